The second kappa shape index (κ2) is 6.80. The summed E-state index contributed by atoms with van der Waals surface area (Å²) in [4.78, 5) is 12.1. The van der Waals surface area contributed by atoms with Gasteiger partial charge in [0.05, 0.1) is 5.52 Å². The molecule has 2 aromatic carbocycles. The van der Waals surface area contributed by atoms with Gasteiger partial charge in [-0.15, -0.1) is 10.2 Å². The van der Waals surface area contributed by atoms with Crippen molar-refractivity contribution in [3.8, 4) is 0 Å². The second-order valence-corrected chi connectivity index (χ2v) is 5.13. The zero-order chi connectivity index (χ0) is 15.2. The van der Waals surface area contributed by atoms with Crippen molar-refractivity contribution in [1.29, 1.82) is 0 Å². The molecule has 0 aliphatic heterocycles. The maximum Gasteiger partial charge on any atom is 0.271 e. The van der Waals surface area contributed by atoms with E-state index in [0.717, 1.165) is 23.7 Å². The number of carbonyl (C=O) groups is 1. The van der Waals surface area contributed by atoms with Gasteiger partial charge in [-0.3, -0.25) is 4.79 Å². The Morgan fingerprint density at radius 2 is 1.73 bits per heavy atom. The first-order valence-corrected chi connectivity index (χ1v) is 7.37. The predicted molar refractivity (Wildman–Crippen MR) is 86.6 cm³/mol. The van der Waals surface area contributed by atoms with Crippen molar-refractivity contribution in [1.82, 2.24) is 15.5 Å². The van der Waals surface area contributed by atoms with E-state index in [9.17, 15) is 4.79 Å². The van der Waals surface area contributed by atoms with Crippen molar-refractivity contribution in [2.75, 3.05) is 6.54 Å². The molecule has 1 amide bonds. The fourth-order valence-corrected chi connectivity index (χ4v) is 2.33. The third-order valence-corrected chi connectivity index (χ3v) is 3.50. The highest BCUT2D eigenvalue weighted by Gasteiger charge is 2.08. The molecule has 4 heteroatoms. The zero-order valence-electron chi connectivity index (χ0n) is 12.2. The van der Waals surface area contributed by atoms with Crippen LogP contribution >= 0.6 is 0 Å². The summed E-state index contributed by atoms with van der Waals surface area (Å²) in [7, 11) is 0. The lowest BCUT2D eigenvalue weighted by atomic mass is 10.1. The molecule has 110 valence electrons. The predicted octanol–water partition coefficient (Wildman–Crippen LogP) is 2.99. The van der Waals surface area contributed by atoms with Gasteiger partial charge < -0.3 is 5.32 Å². The Hall–Kier alpha value is -2.75. The van der Waals surface area contributed by atoms with Crippen LogP contribution in [0.2, 0.25) is 0 Å². The van der Waals surface area contributed by atoms with Crippen LogP contribution in [0.5, 0.6) is 0 Å². The lowest BCUT2D eigenvalue weighted by Crippen LogP contribution is -2.26. The van der Waals surface area contributed by atoms with E-state index in [0.29, 0.717) is 12.2 Å². The molecule has 0 radical (unpaired) electrons. The van der Waals surface area contributed by atoms with Crippen LogP contribution in [0.15, 0.2) is 60.7 Å². The van der Waals surface area contributed by atoms with Crippen LogP contribution in [0.1, 0.15) is 22.5 Å². The average Bonchev–Trinajstić information content (AvgIpc) is 2.59. The van der Waals surface area contributed by atoms with Crippen LogP contribution in [0, 0.1) is 0 Å². The number of rotatable bonds is 5. The van der Waals surface area contributed by atoms with Gasteiger partial charge in [0, 0.05) is 11.9 Å². The van der Waals surface area contributed by atoms with Gasteiger partial charge in [-0.05, 0) is 30.5 Å². The molecule has 1 aromatic heterocycles. The van der Waals surface area contributed by atoms with Gasteiger partial charge in [0.15, 0.2) is 5.69 Å². The van der Waals surface area contributed by atoms with Crippen molar-refractivity contribution in [2.45, 2.75) is 12.8 Å². The van der Waals surface area contributed by atoms with Crippen molar-refractivity contribution < 1.29 is 4.79 Å². The molecule has 22 heavy (non-hydrogen) atoms. The molecule has 0 atom stereocenters. The Bertz CT molecular complexity index is 771. The van der Waals surface area contributed by atoms with Gasteiger partial charge in [-0.1, -0.05) is 48.5 Å². The minimum Gasteiger partial charge on any atom is -0.351 e. The topological polar surface area (TPSA) is 54.9 Å². The minimum absolute atomic E-state index is 0.175. The number of aromatic nitrogens is 2. The fourth-order valence-electron chi connectivity index (χ4n) is 2.33. The number of hydrogen-bond acceptors (Lipinski definition) is 3. The maximum absolute atomic E-state index is 12.1. The summed E-state index contributed by atoms with van der Waals surface area (Å²) in [5.41, 5.74) is 2.43. The average molecular weight is 291 g/mol. The Balaban J connectivity index is 1.54. The third kappa shape index (κ3) is 3.47. The minimum atomic E-state index is -0.175. The molecule has 0 spiro atoms. The summed E-state index contributed by atoms with van der Waals surface area (Å²) >= 11 is 0. The molecule has 3 rings (SSSR count). The molecular formula is C18H17N3O. The summed E-state index contributed by atoms with van der Waals surface area (Å²) in [6, 6.07) is 19.6. The number of hydrogen-bond donors (Lipinski definition) is 1. The first-order chi connectivity index (χ1) is 10.8. The summed E-state index contributed by atoms with van der Waals surface area (Å²) in [6.07, 6.45) is 1.85. The number of benzene rings is 2. The smallest absolute Gasteiger partial charge is 0.271 e. The van der Waals surface area contributed by atoms with Gasteiger partial charge in [-0.25, -0.2) is 0 Å². The van der Waals surface area contributed by atoms with Gasteiger partial charge in [0.2, 0.25) is 0 Å². The van der Waals surface area contributed by atoms with E-state index < -0.39 is 0 Å². The van der Waals surface area contributed by atoms with Crippen LogP contribution < -0.4 is 5.32 Å². The van der Waals surface area contributed by atoms with E-state index in [4.69, 9.17) is 0 Å². The largest absolute Gasteiger partial charge is 0.351 e. The van der Waals surface area contributed by atoms with Gasteiger partial charge >= 0.3 is 0 Å². The van der Waals surface area contributed by atoms with E-state index in [1.807, 2.05) is 42.5 Å². The number of nitrogens with one attached hydrogen (secondary N) is 1. The van der Waals surface area contributed by atoms with E-state index >= 15 is 0 Å². The summed E-state index contributed by atoms with van der Waals surface area (Å²) in [6.45, 7) is 0.627. The van der Waals surface area contributed by atoms with E-state index in [1.54, 1.807) is 6.07 Å². The molecule has 0 aliphatic carbocycles. The van der Waals surface area contributed by atoms with E-state index in [-0.39, 0.29) is 5.91 Å². The SMILES string of the molecule is O=C(NCCCc1ccccc1)c1cc2ccccc2nn1. The maximum atomic E-state index is 12.1. The standard InChI is InChI=1S/C18H17N3O/c22-18(19-12-6-9-14-7-2-1-3-8-14)17-13-15-10-4-5-11-16(15)20-21-17/h1-5,7-8,10-11,13H,6,9,12H2,(H,19,22). The van der Waals surface area contributed by atoms with Crippen LogP contribution in [-0.4, -0.2) is 22.6 Å². The molecule has 0 fully saturated rings. The lowest BCUT2D eigenvalue weighted by Gasteiger charge is -2.05. The first-order valence-electron chi connectivity index (χ1n) is 7.37. The number of fused-ring (bicyclic) bond motifs is 1. The third-order valence-electron chi connectivity index (χ3n) is 3.50. The molecule has 4 nitrogen and oxygen atoms in total. The molecule has 0 saturated heterocycles. The highest BCUT2D eigenvalue weighted by atomic mass is 16.1. The number of amides is 1. The molecule has 0 unspecified atom stereocenters. The van der Waals surface area contributed by atoms with Gasteiger partial charge in [0.25, 0.3) is 5.91 Å². The normalized spacial score (nSPS) is 10.5. The van der Waals surface area contributed by atoms with Crippen LogP contribution in [0.25, 0.3) is 10.9 Å². The number of nitrogens with zero attached hydrogens (tertiary/aromatic N) is 2. The summed E-state index contributed by atoms with van der Waals surface area (Å²) in [5, 5.41) is 11.9. The highest BCUT2D eigenvalue weighted by molar-refractivity contribution is 5.95. The highest BCUT2D eigenvalue weighted by Crippen LogP contribution is 2.10. The molecule has 0 aliphatic rings. The first kappa shape index (κ1) is 14.2. The van der Waals surface area contributed by atoms with Crippen LogP contribution in [0.3, 0.4) is 0 Å². The van der Waals surface area contributed by atoms with Crippen molar-refractivity contribution in [2.24, 2.45) is 0 Å². The summed E-state index contributed by atoms with van der Waals surface area (Å²) < 4.78 is 0. The monoisotopic (exact) mass is 291 g/mol. The Labute approximate surface area is 129 Å². The molecule has 3 aromatic rings. The fraction of sp³-hybridized carbons (Fsp3) is 0.167. The zero-order valence-corrected chi connectivity index (χ0v) is 12.2. The molecule has 1 N–H and O–H groups in total. The van der Waals surface area contributed by atoms with Crippen molar-refractivity contribution in [3.63, 3.8) is 0 Å². The Morgan fingerprint density at radius 1 is 0.955 bits per heavy atom. The molecular weight excluding hydrogens is 274 g/mol. The number of aryl methyl sites for hydroxylation is 1. The molecule has 1 heterocycles. The van der Waals surface area contributed by atoms with E-state index in [1.165, 1.54) is 5.56 Å². The lowest BCUT2D eigenvalue weighted by molar-refractivity contribution is 0.0947. The van der Waals surface area contributed by atoms with Gasteiger partial charge in [-0.2, -0.15) is 0 Å². The van der Waals surface area contributed by atoms with Gasteiger partial charge in [0.1, 0.15) is 0 Å². The summed E-state index contributed by atoms with van der Waals surface area (Å²) in [5.74, 6) is -0.175. The molecule has 0 saturated carbocycles. The Kier molecular flexibility index (Phi) is 4.39. The number of carbonyl (C=O) groups excluding carboxylic acids is 1. The van der Waals surface area contributed by atoms with E-state index in [2.05, 4.69) is 27.6 Å². The van der Waals surface area contributed by atoms with Crippen molar-refractivity contribution in [3.05, 3.63) is 71.9 Å². The quantitative estimate of drug-likeness (QED) is 0.735. The second-order valence-electron chi connectivity index (χ2n) is 5.13. The van der Waals surface area contributed by atoms with Crippen LogP contribution in [0.4, 0.5) is 0 Å². The van der Waals surface area contributed by atoms with Crippen molar-refractivity contribution >= 4 is 16.8 Å². The van der Waals surface area contributed by atoms with Crippen LogP contribution in [-0.2, 0) is 6.42 Å². The Morgan fingerprint density at radius 3 is 2.59 bits per heavy atom. The molecule has 0 bridgehead atoms.